The lowest BCUT2D eigenvalue weighted by atomic mass is 10.3. The minimum Gasteiger partial charge on any atom is -0.497 e. The van der Waals surface area contributed by atoms with Crippen LogP contribution in [0.3, 0.4) is 0 Å². The van der Waals surface area contributed by atoms with Gasteiger partial charge in [-0.2, -0.15) is 0 Å². The van der Waals surface area contributed by atoms with Crippen molar-refractivity contribution in [3.05, 3.63) is 24.0 Å². The van der Waals surface area contributed by atoms with Gasteiger partial charge in [0, 0.05) is 6.07 Å². The van der Waals surface area contributed by atoms with Crippen LogP contribution in [-0.4, -0.2) is 21.7 Å². The Bertz CT molecular complexity index is 640. The number of fused-ring (bicyclic) bond motifs is 3. The van der Waals surface area contributed by atoms with Gasteiger partial charge in [0.1, 0.15) is 11.6 Å². The molecular weight excluding hydrogens is 210 g/mol. The summed E-state index contributed by atoms with van der Waals surface area (Å²) in [6.07, 6.45) is 0. The molecule has 0 radical (unpaired) electrons. The van der Waals surface area contributed by atoms with E-state index in [9.17, 15) is 0 Å². The number of hydrogen-bond donors (Lipinski definition) is 0. The topological polar surface area (TPSA) is 39.4 Å². The monoisotopic (exact) mass is 219 g/mol. The van der Waals surface area contributed by atoms with Crippen molar-refractivity contribution in [1.29, 1.82) is 0 Å². The largest absolute Gasteiger partial charge is 0.497 e. The van der Waals surface area contributed by atoms with E-state index in [1.807, 2.05) is 29.5 Å². The molecule has 0 aliphatic heterocycles. The summed E-state index contributed by atoms with van der Waals surface area (Å²) in [6.45, 7) is 1.95. The molecule has 76 valence electrons. The van der Waals surface area contributed by atoms with Crippen LogP contribution in [0.25, 0.3) is 15.2 Å². The third-order valence-corrected chi connectivity index (χ3v) is 3.42. The Morgan fingerprint density at radius 3 is 3.00 bits per heavy atom. The van der Waals surface area contributed by atoms with E-state index in [0.29, 0.717) is 0 Å². The average Bonchev–Trinajstić information content (AvgIpc) is 2.78. The zero-order valence-corrected chi connectivity index (χ0v) is 9.21. The van der Waals surface area contributed by atoms with Gasteiger partial charge >= 0.3 is 0 Å². The number of benzene rings is 1. The van der Waals surface area contributed by atoms with Crippen molar-refractivity contribution in [1.82, 2.24) is 14.6 Å². The first-order chi connectivity index (χ1) is 7.29. The normalized spacial score (nSPS) is 11.3. The lowest BCUT2D eigenvalue weighted by molar-refractivity contribution is 0.415. The molecule has 0 saturated heterocycles. The van der Waals surface area contributed by atoms with Crippen LogP contribution in [0.5, 0.6) is 5.75 Å². The zero-order valence-electron chi connectivity index (χ0n) is 8.39. The number of nitrogens with zero attached hydrogens (tertiary/aromatic N) is 3. The molecule has 1 aromatic carbocycles. The van der Waals surface area contributed by atoms with Gasteiger partial charge in [-0.1, -0.05) is 11.3 Å². The molecule has 0 aliphatic carbocycles. The van der Waals surface area contributed by atoms with Gasteiger partial charge in [-0.15, -0.1) is 10.2 Å². The molecule has 2 aromatic heterocycles. The molecule has 3 aromatic rings. The van der Waals surface area contributed by atoms with Gasteiger partial charge in [-0.25, -0.2) is 0 Å². The summed E-state index contributed by atoms with van der Waals surface area (Å²) < 4.78 is 8.45. The van der Waals surface area contributed by atoms with Crippen molar-refractivity contribution in [3.8, 4) is 5.75 Å². The predicted octanol–water partition coefficient (Wildman–Crippen LogP) is 2.26. The number of rotatable bonds is 1. The summed E-state index contributed by atoms with van der Waals surface area (Å²) in [5.74, 6) is 1.76. The fourth-order valence-electron chi connectivity index (χ4n) is 1.67. The number of thiazole rings is 1. The highest BCUT2D eigenvalue weighted by molar-refractivity contribution is 7.23. The summed E-state index contributed by atoms with van der Waals surface area (Å²) in [5.41, 5.74) is 1.11. The highest BCUT2D eigenvalue weighted by Crippen LogP contribution is 2.28. The van der Waals surface area contributed by atoms with E-state index in [1.54, 1.807) is 18.4 Å². The minimum atomic E-state index is 0.857. The summed E-state index contributed by atoms with van der Waals surface area (Å²) in [6, 6.07) is 6.02. The maximum Gasteiger partial charge on any atom is 0.217 e. The molecule has 0 amide bonds. The maximum atomic E-state index is 5.21. The summed E-state index contributed by atoms with van der Waals surface area (Å²) in [7, 11) is 1.67. The SMILES string of the molecule is COc1ccc2sc3nnc(C)n3c2c1. The van der Waals surface area contributed by atoms with Crippen molar-refractivity contribution in [2.75, 3.05) is 7.11 Å². The lowest BCUT2D eigenvalue weighted by Gasteiger charge is -1.99. The van der Waals surface area contributed by atoms with E-state index < -0.39 is 0 Å². The smallest absolute Gasteiger partial charge is 0.217 e. The molecule has 0 N–H and O–H groups in total. The van der Waals surface area contributed by atoms with Crippen LogP contribution in [0.15, 0.2) is 18.2 Å². The third kappa shape index (κ3) is 1.13. The molecule has 2 heterocycles. The lowest BCUT2D eigenvalue weighted by Crippen LogP contribution is -1.86. The van der Waals surface area contributed by atoms with Gasteiger partial charge in [-0.05, 0) is 19.1 Å². The summed E-state index contributed by atoms with van der Waals surface area (Å²) >= 11 is 1.64. The first-order valence-corrected chi connectivity index (χ1v) is 5.39. The molecule has 0 spiro atoms. The highest BCUT2D eigenvalue weighted by Gasteiger charge is 2.09. The second kappa shape index (κ2) is 2.93. The molecule has 0 unspecified atom stereocenters. The molecule has 0 saturated carbocycles. The number of aryl methyl sites for hydroxylation is 1. The van der Waals surface area contributed by atoms with Gasteiger partial charge in [0.05, 0.1) is 17.3 Å². The van der Waals surface area contributed by atoms with Crippen LogP contribution in [0.2, 0.25) is 0 Å². The van der Waals surface area contributed by atoms with Crippen molar-refractivity contribution in [2.24, 2.45) is 0 Å². The molecule has 15 heavy (non-hydrogen) atoms. The molecule has 0 bridgehead atoms. The molecule has 4 nitrogen and oxygen atoms in total. The van der Waals surface area contributed by atoms with Crippen LogP contribution in [0.4, 0.5) is 0 Å². The van der Waals surface area contributed by atoms with E-state index in [-0.39, 0.29) is 0 Å². The van der Waals surface area contributed by atoms with Crippen molar-refractivity contribution < 1.29 is 4.74 Å². The van der Waals surface area contributed by atoms with Gasteiger partial charge in [0.2, 0.25) is 4.96 Å². The molecule has 5 heteroatoms. The fraction of sp³-hybridized carbons (Fsp3) is 0.200. The molecular formula is C10H9N3OS. The standard InChI is InChI=1S/C10H9N3OS/c1-6-11-12-10-13(6)8-5-7(14-2)3-4-9(8)15-10/h3-5H,1-2H3. The van der Waals surface area contributed by atoms with E-state index >= 15 is 0 Å². The number of ether oxygens (including phenoxy) is 1. The Hall–Kier alpha value is -1.62. The van der Waals surface area contributed by atoms with Gasteiger partial charge in [-0.3, -0.25) is 4.40 Å². The third-order valence-electron chi connectivity index (χ3n) is 2.40. The minimum absolute atomic E-state index is 0.857. The van der Waals surface area contributed by atoms with E-state index in [1.165, 1.54) is 4.70 Å². The van der Waals surface area contributed by atoms with Gasteiger partial charge < -0.3 is 4.74 Å². The van der Waals surface area contributed by atoms with Crippen LogP contribution in [-0.2, 0) is 0 Å². The number of hydrogen-bond acceptors (Lipinski definition) is 4. The van der Waals surface area contributed by atoms with Crippen molar-refractivity contribution in [2.45, 2.75) is 6.92 Å². The van der Waals surface area contributed by atoms with Crippen molar-refractivity contribution in [3.63, 3.8) is 0 Å². The Morgan fingerprint density at radius 1 is 1.33 bits per heavy atom. The second-order valence-electron chi connectivity index (χ2n) is 3.30. The van der Waals surface area contributed by atoms with E-state index in [4.69, 9.17) is 4.74 Å². The Labute approximate surface area is 90.1 Å². The van der Waals surface area contributed by atoms with Crippen LogP contribution in [0, 0.1) is 6.92 Å². The molecule has 0 fully saturated rings. The summed E-state index contributed by atoms with van der Waals surface area (Å²) in [5, 5.41) is 8.15. The Morgan fingerprint density at radius 2 is 2.20 bits per heavy atom. The number of methoxy groups -OCH3 is 1. The average molecular weight is 219 g/mol. The first kappa shape index (κ1) is 8.67. The second-order valence-corrected chi connectivity index (χ2v) is 4.31. The van der Waals surface area contributed by atoms with Crippen LogP contribution in [0.1, 0.15) is 5.82 Å². The number of aromatic nitrogens is 3. The Kier molecular flexibility index (Phi) is 1.70. The fourth-order valence-corrected chi connectivity index (χ4v) is 2.66. The van der Waals surface area contributed by atoms with Crippen LogP contribution >= 0.6 is 11.3 Å². The highest BCUT2D eigenvalue weighted by atomic mass is 32.1. The van der Waals surface area contributed by atoms with E-state index in [2.05, 4.69) is 10.2 Å². The van der Waals surface area contributed by atoms with Gasteiger partial charge in [0.15, 0.2) is 0 Å². The molecule has 3 rings (SSSR count). The quantitative estimate of drug-likeness (QED) is 0.630. The van der Waals surface area contributed by atoms with E-state index in [0.717, 1.165) is 22.1 Å². The maximum absolute atomic E-state index is 5.21. The Balaban J connectivity index is 2.48. The van der Waals surface area contributed by atoms with Crippen molar-refractivity contribution >= 4 is 26.5 Å². The first-order valence-electron chi connectivity index (χ1n) is 4.58. The predicted molar refractivity (Wildman–Crippen MR) is 59.7 cm³/mol. The van der Waals surface area contributed by atoms with Crippen LogP contribution < -0.4 is 4.74 Å². The zero-order chi connectivity index (χ0) is 10.4. The molecule has 0 atom stereocenters. The summed E-state index contributed by atoms with van der Waals surface area (Å²) in [4.78, 5) is 0.927. The van der Waals surface area contributed by atoms with Gasteiger partial charge in [0.25, 0.3) is 0 Å². The molecule has 0 aliphatic rings.